The van der Waals surface area contributed by atoms with Crippen LogP contribution in [0.25, 0.3) is 0 Å². The van der Waals surface area contributed by atoms with E-state index in [1.165, 1.54) is 5.70 Å². The minimum atomic E-state index is -0.224. The summed E-state index contributed by atoms with van der Waals surface area (Å²) in [4.78, 5) is 14.1. The fourth-order valence-corrected chi connectivity index (χ4v) is 2.81. The third-order valence-corrected chi connectivity index (χ3v) is 3.99. The number of carbonyl (C=O) groups excluding carboxylic acids is 1. The molecule has 0 radical (unpaired) electrons. The van der Waals surface area contributed by atoms with E-state index in [1.54, 1.807) is 6.08 Å². The lowest BCUT2D eigenvalue weighted by atomic mass is 9.86. The topological polar surface area (TPSA) is 38.8 Å². The van der Waals surface area contributed by atoms with Crippen LogP contribution in [0.5, 0.6) is 0 Å². The second-order valence-electron chi connectivity index (χ2n) is 5.32. The highest BCUT2D eigenvalue weighted by Gasteiger charge is 2.24. The molecule has 0 amide bonds. The highest BCUT2D eigenvalue weighted by Crippen LogP contribution is 2.32. The predicted octanol–water partition coefficient (Wildman–Crippen LogP) is 2.51. The summed E-state index contributed by atoms with van der Waals surface area (Å²) < 4.78 is 10.5. The molecule has 0 saturated carbocycles. The molecule has 1 heterocycles. The van der Waals surface area contributed by atoms with Gasteiger partial charge in [0.15, 0.2) is 0 Å². The van der Waals surface area contributed by atoms with E-state index in [4.69, 9.17) is 9.47 Å². The van der Waals surface area contributed by atoms with Crippen molar-refractivity contribution >= 4 is 5.97 Å². The van der Waals surface area contributed by atoms with Crippen LogP contribution < -0.4 is 0 Å². The van der Waals surface area contributed by atoms with Gasteiger partial charge < -0.3 is 14.4 Å². The maximum absolute atomic E-state index is 11.8. The molecule has 1 fully saturated rings. The molecule has 1 aliphatic heterocycles. The molecule has 2 rings (SSSR count). The molecule has 0 spiro atoms. The van der Waals surface area contributed by atoms with E-state index in [9.17, 15) is 4.79 Å². The molecule has 0 aromatic rings. The van der Waals surface area contributed by atoms with E-state index in [0.717, 1.165) is 51.1 Å². The lowest BCUT2D eigenvalue weighted by molar-refractivity contribution is -0.137. The summed E-state index contributed by atoms with van der Waals surface area (Å²) in [7, 11) is 0. The zero-order valence-electron chi connectivity index (χ0n) is 12.6. The second kappa shape index (κ2) is 7.48. The van der Waals surface area contributed by atoms with Crippen LogP contribution in [-0.2, 0) is 14.3 Å². The van der Waals surface area contributed by atoms with Crippen LogP contribution >= 0.6 is 0 Å². The molecule has 0 bridgehead atoms. The number of morpholine rings is 1. The SMILES string of the molecule is CCOC(=O)/C=C1\CC(CC)CC=C1N1CCOCC1. The normalized spacial score (nSPS) is 25.5. The van der Waals surface area contributed by atoms with Crippen molar-refractivity contribution < 1.29 is 14.3 Å². The maximum atomic E-state index is 11.8. The number of hydrogen-bond donors (Lipinski definition) is 0. The van der Waals surface area contributed by atoms with Crippen molar-refractivity contribution in [2.75, 3.05) is 32.9 Å². The zero-order valence-corrected chi connectivity index (χ0v) is 12.6. The number of esters is 1. The fraction of sp³-hybridized carbons (Fsp3) is 0.688. The van der Waals surface area contributed by atoms with Crippen LogP contribution in [0.4, 0.5) is 0 Å². The van der Waals surface area contributed by atoms with Crippen molar-refractivity contribution in [1.82, 2.24) is 4.90 Å². The summed E-state index contributed by atoms with van der Waals surface area (Å²) in [5.41, 5.74) is 2.34. The molecular formula is C16H25NO3. The molecule has 112 valence electrons. The van der Waals surface area contributed by atoms with E-state index >= 15 is 0 Å². The van der Waals surface area contributed by atoms with E-state index in [-0.39, 0.29) is 5.97 Å². The average molecular weight is 279 g/mol. The summed E-state index contributed by atoms with van der Waals surface area (Å²) in [6.07, 6.45) is 7.19. The van der Waals surface area contributed by atoms with Crippen molar-refractivity contribution in [2.45, 2.75) is 33.1 Å². The van der Waals surface area contributed by atoms with E-state index in [1.807, 2.05) is 6.92 Å². The van der Waals surface area contributed by atoms with Gasteiger partial charge in [-0.25, -0.2) is 4.79 Å². The zero-order chi connectivity index (χ0) is 14.4. The third kappa shape index (κ3) is 3.85. The molecule has 4 heteroatoms. The highest BCUT2D eigenvalue weighted by atomic mass is 16.5. The first-order chi connectivity index (χ1) is 9.74. The lowest BCUT2D eigenvalue weighted by Crippen LogP contribution is -2.37. The Morgan fingerprint density at radius 2 is 2.20 bits per heavy atom. The minimum Gasteiger partial charge on any atom is -0.463 e. The maximum Gasteiger partial charge on any atom is 0.331 e. The van der Waals surface area contributed by atoms with Gasteiger partial charge in [-0.05, 0) is 31.3 Å². The van der Waals surface area contributed by atoms with Crippen molar-refractivity contribution in [2.24, 2.45) is 5.92 Å². The van der Waals surface area contributed by atoms with Gasteiger partial charge in [0, 0.05) is 24.9 Å². The van der Waals surface area contributed by atoms with Crippen molar-refractivity contribution in [3.8, 4) is 0 Å². The van der Waals surface area contributed by atoms with Crippen molar-refractivity contribution in [1.29, 1.82) is 0 Å². The van der Waals surface area contributed by atoms with E-state index < -0.39 is 0 Å². The largest absolute Gasteiger partial charge is 0.463 e. The standard InChI is InChI=1S/C16H25NO3/c1-3-13-5-6-15(17-7-9-19-10-8-17)14(11-13)12-16(18)20-4-2/h6,12-13H,3-5,7-11H2,1-2H3/b14-12+. The van der Waals surface area contributed by atoms with Gasteiger partial charge in [0.25, 0.3) is 0 Å². The fourth-order valence-electron chi connectivity index (χ4n) is 2.81. The Hall–Kier alpha value is -1.29. The van der Waals surface area contributed by atoms with Gasteiger partial charge >= 0.3 is 5.97 Å². The van der Waals surface area contributed by atoms with Crippen molar-refractivity contribution in [3.05, 3.63) is 23.4 Å². The number of rotatable bonds is 4. The van der Waals surface area contributed by atoms with Crippen LogP contribution in [0.1, 0.15) is 33.1 Å². The summed E-state index contributed by atoms with van der Waals surface area (Å²) in [5.74, 6) is 0.416. The second-order valence-corrected chi connectivity index (χ2v) is 5.32. The number of ether oxygens (including phenoxy) is 2. The minimum absolute atomic E-state index is 0.224. The molecule has 1 aliphatic carbocycles. The molecule has 1 saturated heterocycles. The first kappa shape index (κ1) is 15.1. The quantitative estimate of drug-likeness (QED) is 0.585. The molecule has 20 heavy (non-hydrogen) atoms. The van der Waals surface area contributed by atoms with Crippen molar-refractivity contribution in [3.63, 3.8) is 0 Å². The molecule has 0 aromatic heterocycles. The van der Waals surface area contributed by atoms with E-state index in [0.29, 0.717) is 12.5 Å². The Morgan fingerprint density at radius 1 is 1.45 bits per heavy atom. The summed E-state index contributed by atoms with van der Waals surface area (Å²) in [6, 6.07) is 0. The van der Waals surface area contributed by atoms with Gasteiger partial charge in [-0.1, -0.05) is 19.4 Å². The molecule has 1 atom stereocenters. The first-order valence-electron chi connectivity index (χ1n) is 7.65. The summed E-state index contributed by atoms with van der Waals surface area (Å²) in [6.45, 7) is 7.82. The summed E-state index contributed by atoms with van der Waals surface area (Å²) in [5, 5.41) is 0. The lowest BCUT2D eigenvalue weighted by Gasteiger charge is -2.35. The van der Waals surface area contributed by atoms with Gasteiger partial charge in [0.1, 0.15) is 0 Å². The van der Waals surface area contributed by atoms with Crippen LogP contribution in [0, 0.1) is 5.92 Å². The Morgan fingerprint density at radius 3 is 2.85 bits per heavy atom. The van der Waals surface area contributed by atoms with Crippen LogP contribution in [-0.4, -0.2) is 43.8 Å². The van der Waals surface area contributed by atoms with Gasteiger partial charge in [0.05, 0.1) is 19.8 Å². The van der Waals surface area contributed by atoms with Crippen LogP contribution in [0.15, 0.2) is 23.4 Å². The molecule has 1 unspecified atom stereocenters. The average Bonchev–Trinajstić information content (AvgIpc) is 2.48. The molecule has 0 N–H and O–H groups in total. The monoisotopic (exact) mass is 279 g/mol. The predicted molar refractivity (Wildman–Crippen MR) is 78.2 cm³/mol. The van der Waals surface area contributed by atoms with Gasteiger partial charge in [-0.15, -0.1) is 0 Å². The highest BCUT2D eigenvalue weighted by molar-refractivity contribution is 5.83. The third-order valence-electron chi connectivity index (χ3n) is 3.99. The molecular weight excluding hydrogens is 254 g/mol. The van der Waals surface area contributed by atoms with Gasteiger partial charge in [0.2, 0.25) is 0 Å². The smallest absolute Gasteiger partial charge is 0.331 e. The number of hydrogen-bond acceptors (Lipinski definition) is 4. The first-order valence-corrected chi connectivity index (χ1v) is 7.65. The Labute approximate surface area is 121 Å². The Kier molecular flexibility index (Phi) is 5.65. The van der Waals surface area contributed by atoms with Gasteiger partial charge in [-0.3, -0.25) is 0 Å². The summed E-state index contributed by atoms with van der Waals surface area (Å²) >= 11 is 0. The number of carbonyl (C=O) groups is 1. The molecule has 0 aromatic carbocycles. The van der Waals surface area contributed by atoms with Crippen LogP contribution in [0.2, 0.25) is 0 Å². The number of allylic oxidation sites excluding steroid dienone is 2. The number of nitrogens with zero attached hydrogens (tertiary/aromatic N) is 1. The Bertz CT molecular complexity index is 395. The molecule has 2 aliphatic rings. The van der Waals surface area contributed by atoms with E-state index in [2.05, 4.69) is 17.9 Å². The van der Waals surface area contributed by atoms with Gasteiger partial charge in [-0.2, -0.15) is 0 Å². The Balaban J connectivity index is 2.16. The molecule has 4 nitrogen and oxygen atoms in total. The van der Waals surface area contributed by atoms with Crippen LogP contribution in [0.3, 0.4) is 0 Å².